The molecule has 1 saturated heterocycles. The van der Waals surface area contributed by atoms with Crippen LogP contribution in [0, 0.1) is 5.92 Å². The van der Waals surface area contributed by atoms with E-state index in [1.54, 1.807) is 6.07 Å². The van der Waals surface area contributed by atoms with Gasteiger partial charge in [-0.1, -0.05) is 29.3 Å². The average Bonchev–Trinajstić information content (AvgIpc) is 2.43. The minimum atomic E-state index is -0.460. The van der Waals surface area contributed by atoms with Crippen LogP contribution in [-0.4, -0.2) is 29.2 Å². The van der Waals surface area contributed by atoms with E-state index in [1.807, 2.05) is 32.9 Å². The number of carbonyl (C=O) groups is 1. The summed E-state index contributed by atoms with van der Waals surface area (Å²) in [4.78, 5) is 14.3. The minimum absolute atomic E-state index is 0.130. The van der Waals surface area contributed by atoms with E-state index in [9.17, 15) is 4.79 Å². The van der Waals surface area contributed by atoms with Crippen molar-refractivity contribution in [3.05, 3.63) is 33.8 Å². The average molecular weight is 359 g/mol. The zero-order valence-electron chi connectivity index (χ0n) is 13.8. The first-order valence-corrected chi connectivity index (χ1v) is 8.58. The van der Waals surface area contributed by atoms with Crippen LogP contribution in [-0.2, 0) is 16.1 Å². The number of ether oxygens (including phenoxy) is 1. The first-order valence-electron chi connectivity index (χ1n) is 7.82. The molecule has 4 nitrogen and oxygen atoms in total. The summed E-state index contributed by atoms with van der Waals surface area (Å²) in [5.74, 6) is -0.281. The van der Waals surface area contributed by atoms with Gasteiger partial charge in [0.2, 0.25) is 0 Å². The predicted molar refractivity (Wildman–Crippen MR) is 93.4 cm³/mol. The summed E-state index contributed by atoms with van der Waals surface area (Å²) < 4.78 is 5.46. The Labute approximate surface area is 147 Å². The van der Waals surface area contributed by atoms with E-state index < -0.39 is 5.60 Å². The smallest absolute Gasteiger partial charge is 0.309 e. The van der Waals surface area contributed by atoms with Gasteiger partial charge in [0.05, 0.1) is 22.1 Å². The summed E-state index contributed by atoms with van der Waals surface area (Å²) in [5.41, 5.74) is 6.85. The maximum absolute atomic E-state index is 12.2. The van der Waals surface area contributed by atoms with Crippen LogP contribution in [0.25, 0.3) is 0 Å². The second-order valence-electron chi connectivity index (χ2n) is 7.04. The third kappa shape index (κ3) is 5.35. The van der Waals surface area contributed by atoms with Crippen molar-refractivity contribution in [1.29, 1.82) is 0 Å². The maximum atomic E-state index is 12.2. The number of piperidine rings is 1. The van der Waals surface area contributed by atoms with E-state index in [4.69, 9.17) is 33.7 Å². The maximum Gasteiger partial charge on any atom is 0.309 e. The molecule has 1 aliphatic rings. The third-order valence-electron chi connectivity index (χ3n) is 3.87. The lowest BCUT2D eigenvalue weighted by molar-refractivity contribution is -0.162. The number of rotatable bonds is 3. The molecule has 2 N–H and O–H groups in total. The van der Waals surface area contributed by atoms with Crippen molar-refractivity contribution < 1.29 is 9.53 Å². The number of nitrogens with two attached hydrogens (primary N) is 1. The molecule has 0 spiro atoms. The van der Waals surface area contributed by atoms with Crippen molar-refractivity contribution in [2.75, 3.05) is 6.54 Å². The van der Waals surface area contributed by atoms with Crippen LogP contribution in [0.5, 0.6) is 0 Å². The zero-order chi connectivity index (χ0) is 17.2. The summed E-state index contributed by atoms with van der Waals surface area (Å²) in [6, 6.07) is 5.59. The normalized spacial score (nSPS) is 22.9. The Morgan fingerprint density at radius 2 is 2.04 bits per heavy atom. The molecule has 1 aromatic rings. The molecular formula is C17H24Cl2N2O2. The number of hydrogen-bond acceptors (Lipinski definition) is 4. The van der Waals surface area contributed by atoms with Gasteiger partial charge >= 0.3 is 5.97 Å². The third-order valence-corrected chi connectivity index (χ3v) is 4.61. The SMILES string of the molecule is CC(C)(C)OC(=O)[C@H]1CCN(Cc2ccc(Cl)c(Cl)c2)[C@@H](N)C1. The topological polar surface area (TPSA) is 55.6 Å². The van der Waals surface area contributed by atoms with Gasteiger partial charge in [-0.15, -0.1) is 0 Å². The van der Waals surface area contributed by atoms with Gasteiger partial charge in [0, 0.05) is 13.1 Å². The number of esters is 1. The Bertz CT molecular complexity index is 572. The molecule has 0 amide bonds. The molecular weight excluding hydrogens is 335 g/mol. The molecule has 0 aromatic heterocycles. The van der Waals surface area contributed by atoms with Gasteiger partial charge in [-0.25, -0.2) is 0 Å². The van der Waals surface area contributed by atoms with Crippen molar-refractivity contribution in [2.45, 2.75) is 51.9 Å². The molecule has 2 atom stereocenters. The van der Waals surface area contributed by atoms with Crippen LogP contribution in [0.4, 0.5) is 0 Å². The van der Waals surface area contributed by atoms with Crippen molar-refractivity contribution in [1.82, 2.24) is 4.90 Å². The van der Waals surface area contributed by atoms with Gasteiger partial charge in [0.15, 0.2) is 0 Å². The molecule has 1 aliphatic heterocycles. The van der Waals surface area contributed by atoms with Gasteiger partial charge in [0.1, 0.15) is 5.60 Å². The Morgan fingerprint density at radius 3 is 2.61 bits per heavy atom. The molecule has 1 fully saturated rings. The number of benzene rings is 1. The highest BCUT2D eigenvalue weighted by molar-refractivity contribution is 6.42. The fraction of sp³-hybridized carbons (Fsp3) is 0.588. The first kappa shape index (κ1) is 18.5. The van der Waals surface area contributed by atoms with E-state index in [1.165, 1.54) is 0 Å². The first-order chi connectivity index (χ1) is 10.7. The van der Waals surface area contributed by atoms with Crippen LogP contribution in [0.15, 0.2) is 18.2 Å². The molecule has 128 valence electrons. The van der Waals surface area contributed by atoms with Crippen molar-refractivity contribution in [3.63, 3.8) is 0 Å². The summed E-state index contributed by atoms with van der Waals surface area (Å²) >= 11 is 12.0. The molecule has 6 heteroatoms. The molecule has 1 aromatic carbocycles. The molecule has 1 heterocycles. The Morgan fingerprint density at radius 1 is 1.35 bits per heavy atom. The van der Waals surface area contributed by atoms with E-state index in [-0.39, 0.29) is 18.1 Å². The summed E-state index contributed by atoms with van der Waals surface area (Å²) in [7, 11) is 0. The highest BCUT2D eigenvalue weighted by Gasteiger charge is 2.33. The van der Waals surface area contributed by atoms with Crippen LogP contribution in [0.3, 0.4) is 0 Å². The lowest BCUT2D eigenvalue weighted by atomic mass is 9.94. The molecule has 0 bridgehead atoms. The molecule has 0 unspecified atom stereocenters. The number of hydrogen-bond donors (Lipinski definition) is 1. The molecule has 0 saturated carbocycles. The lowest BCUT2D eigenvalue weighted by Crippen LogP contribution is -2.49. The zero-order valence-corrected chi connectivity index (χ0v) is 15.3. The van der Waals surface area contributed by atoms with E-state index in [2.05, 4.69) is 4.90 Å². The number of carbonyl (C=O) groups excluding carboxylic acids is 1. The van der Waals surface area contributed by atoms with Crippen LogP contribution in [0.1, 0.15) is 39.2 Å². The number of likely N-dealkylation sites (tertiary alicyclic amines) is 1. The quantitative estimate of drug-likeness (QED) is 0.834. The number of halogens is 2. The van der Waals surface area contributed by atoms with E-state index in [0.29, 0.717) is 23.0 Å². The van der Waals surface area contributed by atoms with Crippen LogP contribution < -0.4 is 5.73 Å². The summed E-state index contributed by atoms with van der Waals surface area (Å²) in [5, 5.41) is 1.09. The summed E-state index contributed by atoms with van der Waals surface area (Å²) in [6.45, 7) is 7.09. The van der Waals surface area contributed by atoms with Gasteiger partial charge in [-0.3, -0.25) is 9.69 Å². The highest BCUT2D eigenvalue weighted by atomic mass is 35.5. The largest absolute Gasteiger partial charge is 0.460 e. The lowest BCUT2D eigenvalue weighted by Gasteiger charge is -2.37. The Hall–Kier alpha value is -0.810. The van der Waals surface area contributed by atoms with Crippen molar-refractivity contribution in [3.8, 4) is 0 Å². The molecule has 2 rings (SSSR count). The van der Waals surface area contributed by atoms with Crippen LogP contribution >= 0.6 is 23.2 Å². The van der Waals surface area contributed by atoms with E-state index >= 15 is 0 Å². The summed E-state index contributed by atoms with van der Waals surface area (Å²) in [6.07, 6.45) is 1.19. The van der Waals surface area contributed by atoms with Crippen LogP contribution in [0.2, 0.25) is 10.0 Å². The van der Waals surface area contributed by atoms with E-state index in [0.717, 1.165) is 18.5 Å². The predicted octanol–water partition coefficient (Wildman–Crippen LogP) is 3.83. The van der Waals surface area contributed by atoms with Gasteiger partial charge < -0.3 is 10.5 Å². The Kier molecular flexibility index (Phi) is 5.95. The van der Waals surface area contributed by atoms with Crippen molar-refractivity contribution >= 4 is 29.2 Å². The second-order valence-corrected chi connectivity index (χ2v) is 7.86. The molecule has 0 radical (unpaired) electrons. The fourth-order valence-electron chi connectivity index (χ4n) is 2.71. The number of nitrogens with zero attached hydrogens (tertiary/aromatic N) is 1. The standard InChI is InChI=1S/C17H24Cl2N2O2/c1-17(2,3)23-16(22)12-6-7-21(15(20)9-12)10-11-4-5-13(18)14(19)8-11/h4-5,8,12,15H,6-7,9-10,20H2,1-3H3/t12-,15+/m0/s1. The van der Waals surface area contributed by atoms with Gasteiger partial charge in [0.25, 0.3) is 0 Å². The minimum Gasteiger partial charge on any atom is -0.460 e. The Balaban J connectivity index is 1.93. The molecule has 23 heavy (non-hydrogen) atoms. The molecule has 0 aliphatic carbocycles. The monoisotopic (exact) mass is 358 g/mol. The van der Waals surface area contributed by atoms with Crippen molar-refractivity contribution in [2.24, 2.45) is 11.7 Å². The second kappa shape index (κ2) is 7.39. The fourth-order valence-corrected chi connectivity index (χ4v) is 3.03. The van der Waals surface area contributed by atoms with Gasteiger partial charge in [-0.05, 0) is 51.3 Å². The van der Waals surface area contributed by atoms with Gasteiger partial charge in [-0.2, -0.15) is 0 Å². The highest BCUT2D eigenvalue weighted by Crippen LogP contribution is 2.27.